The number of aliphatic hydroxyl groups is 1. The smallest absolute Gasteiger partial charge is 0.171 e. The predicted octanol–water partition coefficient (Wildman–Crippen LogP) is 1.11. The standard InChI is InChI=1S/C11H16ClN3O2/c1-15(10-9(12)13-4-5-14-10)8-11(16)2-6-17-7-3-11/h4-5,16H,2-3,6-8H2,1H3. The van der Waals surface area contributed by atoms with Gasteiger partial charge in [0.15, 0.2) is 11.0 Å². The van der Waals surface area contributed by atoms with Gasteiger partial charge in [-0.2, -0.15) is 0 Å². The Morgan fingerprint density at radius 3 is 2.71 bits per heavy atom. The average molecular weight is 258 g/mol. The third-order valence-corrected chi connectivity index (χ3v) is 3.22. The number of rotatable bonds is 3. The maximum absolute atomic E-state index is 10.4. The molecule has 0 saturated carbocycles. The lowest BCUT2D eigenvalue weighted by atomic mass is 9.94. The molecule has 5 nitrogen and oxygen atoms in total. The molecular formula is C11H16ClN3O2. The van der Waals surface area contributed by atoms with Crippen molar-refractivity contribution in [3.8, 4) is 0 Å². The van der Waals surface area contributed by atoms with Crippen LogP contribution in [0.5, 0.6) is 0 Å². The Labute approximate surface area is 105 Å². The predicted molar refractivity (Wildman–Crippen MR) is 65.3 cm³/mol. The molecule has 94 valence electrons. The number of anilines is 1. The zero-order valence-corrected chi connectivity index (χ0v) is 10.5. The summed E-state index contributed by atoms with van der Waals surface area (Å²) in [6.45, 7) is 1.67. The minimum atomic E-state index is -0.728. The Morgan fingerprint density at radius 2 is 2.06 bits per heavy atom. The lowest BCUT2D eigenvalue weighted by Crippen LogP contribution is -2.46. The maximum atomic E-state index is 10.4. The van der Waals surface area contributed by atoms with Gasteiger partial charge in [0.05, 0.1) is 5.60 Å². The third kappa shape index (κ3) is 3.06. The van der Waals surface area contributed by atoms with Crippen LogP contribution in [0.3, 0.4) is 0 Å². The second kappa shape index (κ2) is 5.16. The Hall–Kier alpha value is -0.910. The quantitative estimate of drug-likeness (QED) is 0.879. The summed E-state index contributed by atoms with van der Waals surface area (Å²) in [6, 6.07) is 0. The first-order chi connectivity index (χ1) is 8.11. The normalized spacial score (nSPS) is 19.0. The summed E-state index contributed by atoms with van der Waals surface area (Å²) < 4.78 is 5.24. The van der Waals surface area contributed by atoms with Crippen LogP contribution >= 0.6 is 11.6 Å². The van der Waals surface area contributed by atoms with E-state index < -0.39 is 5.60 Å². The molecule has 1 aromatic rings. The molecule has 0 aromatic carbocycles. The van der Waals surface area contributed by atoms with Gasteiger partial charge in [0, 0.05) is 52.0 Å². The first kappa shape index (κ1) is 12.5. The fraction of sp³-hybridized carbons (Fsp3) is 0.636. The maximum Gasteiger partial charge on any atom is 0.171 e. The van der Waals surface area contributed by atoms with Crippen LogP contribution in [0, 0.1) is 0 Å². The molecular weight excluding hydrogens is 242 g/mol. The van der Waals surface area contributed by atoms with Crippen LogP contribution in [0.15, 0.2) is 12.4 Å². The van der Waals surface area contributed by atoms with Crippen molar-refractivity contribution < 1.29 is 9.84 Å². The van der Waals surface area contributed by atoms with Crippen molar-refractivity contribution in [3.05, 3.63) is 17.5 Å². The first-order valence-corrected chi connectivity index (χ1v) is 5.96. The Balaban J connectivity index is 2.06. The van der Waals surface area contributed by atoms with E-state index in [-0.39, 0.29) is 0 Å². The Morgan fingerprint density at radius 1 is 1.41 bits per heavy atom. The van der Waals surface area contributed by atoms with Gasteiger partial charge in [-0.1, -0.05) is 11.6 Å². The topological polar surface area (TPSA) is 58.5 Å². The van der Waals surface area contributed by atoms with Gasteiger partial charge in [-0.15, -0.1) is 0 Å². The molecule has 0 radical (unpaired) electrons. The molecule has 0 bridgehead atoms. The zero-order chi connectivity index (χ0) is 12.3. The molecule has 2 rings (SSSR count). The highest BCUT2D eigenvalue weighted by Crippen LogP contribution is 2.25. The van der Waals surface area contributed by atoms with Crippen LogP contribution < -0.4 is 4.90 Å². The van der Waals surface area contributed by atoms with E-state index in [1.54, 1.807) is 12.4 Å². The van der Waals surface area contributed by atoms with E-state index in [4.69, 9.17) is 16.3 Å². The van der Waals surface area contributed by atoms with Crippen LogP contribution in [-0.4, -0.2) is 47.5 Å². The number of hydrogen-bond acceptors (Lipinski definition) is 5. The van der Waals surface area contributed by atoms with E-state index in [0.717, 1.165) is 0 Å². The molecule has 0 spiro atoms. The third-order valence-electron chi connectivity index (χ3n) is 2.95. The van der Waals surface area contributed by atoms with Crippen molar-refractivity contribution in [3.63, 3.8) is 0 Å². The van der Waals surface area contributed by atoms with E-state index >= 15 is 0 Å². The van der Waals surface area contributed by atoms with Crippen molar-refractivity contribution in [1.82, 2.24) is 9.97 Å². The number of halogens is 1. The van der Waals surface area contributed by atoms with Gasteiger partial charge in [-0.3, -0.25) is 0 Å². The molecule has 6 heteroatoms. The summed E-state index contributed by atoms with van der Waals surface area (Å²) in [5.41, 5.74) is -0.728. The highest BCUT2D eigenvalue weighted by Gasteiger charge is 2.31. The highest BCUT2D eigenvalue weighted by atomic mass is 35.5. The van der Waals surface area contributed by atoms with Crippen LogP contribution in [0.25, 0.3) is 0 Å². The lowest BCUT2D eigenvalue weighted by molar-refractivity contribution is -0.0573. The molecule has 0 aliphatic carbocycles. The van der Waals surface area contributed by atoms with E-state index in [9.17, 15) is 5.11 Å². The zero-order valence-electron chi connectivity index (χ0n) is 9.77. The summed E-state index contributed by atoms with van der Waals surface area (Å²) >= 11 is 5.96. The highest BCUT2D eigenvalue weighted by molar-refractivity contribution is 6.31. The molecule has 1 saturated heterocycles. The van der Waals surface area contributed by atoms with Crippen molar-refractivity contribution in [1.29, 1.82) is 0 Å². The second-order valence-electron chi connectivity index (χ2n) is 4.36. The number of aromatic nitrogens is 2. The van der Waals surface area contributed by atoms with Crippen molar-refractivity contribution in [2.24, 2.45) is 0 Å². The van der Waals surface area contributed by atoms with Crippen LogP contribution in [0.1, 0.15) is 12.8 Å². The van der Waals surface area contributed by atoms with Crippen LogP contribution in [0.4, 0.5) is 5.82 Å². The van der Waals surface area contributed by atoms with Gasteiger partial charge in [-0.25, -0.2) is 9.97 Å². The Bertz CT molecular complexity index is 383. The number of nitrogens with zero attached hydrogens (tertiary/aromatic N) is 3. The minimum Gasteiger partial charge on any atom is -0.388 e. The molecule has 1 aliphatic heterocycles. The van der Waals surface area contributed by atoms with Gasteiger partial charge >= 0.3 is 0 Å². The van der Waals surface area contributed by atoms with Crippen molar-refractivity contribution >= 4 is 17.4 Å². The van der Waals surface area contributed by atoms with E-state index in [1.807, 2.05) is 11.9 Å². The van der Waals surface area contributed by atoms with Gasteiger partial charge in [-0.05, 0) is 0 Å². The van der Waals surface area contributed by atoms with E-state index in [0.29, 0.717) is 43.6 Å². The summed E-state index contributed by atoms with van der Waals surface area (Å²) in [5, 5.41) is 10.7. The molecule has 2 heterocycles. The number of likely N-dealkylation sites (N-methyl/N-ethyl adjacent to an activating group) is 1. The van der Waals surface area contributed by atoms with Crippen molar-refractivity contribution in [2.45, 2.75) is 18.4 Å². The monoisotopic (exact) mass is 257 g/mol. The summed E-state index contributed by atoms with van der Waals surface area (Å²) in [6.07, 6.45) is 4.40. The van der Waals surface area contributed by atoms with Crippen LogP contribution in [0.2, 0.25) is 5.15 Å². The molecule has 0 amide bonds. The number of ether oxygens (including phenoxy) is 1. The summed E-state index contributed by atoms with van der Waals surface area (Å²) in [7, 11) is 1.85. The molecule has 0 unspecified atom stereocenters. The second-order valence-corrected chi connectivity index (χ2v) is 4.72. The average Bonchev–Trinajstić information content (AvgIpc) is 2.29. The first-order valence-electron chi connectivity index (χ1n) is 5.58. The van der Waals surface area contributed by atoms with Gasteiger partial charge in [0.1, 0.15) is 0 Å². The number of hydrogen-bond donors (Lipinski definition) is 1. The summed E-state index contributed by atoms with van der Waals surface area (Å²) in [4.78, 5) is 9.97. The molecule has 1 aromatic heterocycles. The van der Waals surface area contributed by atoms with E-state index in [2.05, 4.69) is 9.97 Å². The van der Waals surface area contributed by atoms with Crippen molar-refractivity contribution in [2.75, 3.05) is 31.7 Å². The lowest BCUT2D eigenvalue weighted by Gasteiger charge is -2.35. The van der Waals surface area contributed by atoms with Gasteiger partial charge in [0.25, 0.3) is 0 Å². The van der Waals surface area contributed by atoms with Gasteiger partial charge < -0.3 is 14.7 Å². The van der Waals surface area contributed by atoms with Gasteiger partial charge in [0.2, 0.25) is 0 Å². The molecule has 1 N–H and O–H groups in total. The summed E-state index contributed by atoms with van der Waals surface area (Å²) in [5.74, 6) is 0.592. The molecule has 0 atom stereocenters. The van der Waals surface area contributed by atoms with E-state index in [1.165, 1.54) is 0 Å². The van der Waals surface area contributed by atoms with Crippen LogP contribution in [-0.2, 0) is 4.74 Å². The molecule has 1 fully saturated rings. The fourth-order valence-electron chi connectivity index (χ4n) is 2.00. The SMILES string of the molecule is CN(CC1(O)CCOCC1)c1nccnc1Cl. The largest absolute Gasteiger partial charge is 0.388 e. The molecule has 1 aliphatic rings. The molecule has 17 heavy (non-hydrogen) atoms. The fourth-order valence-corrected chi connectivity index (χ4v) is 2.25. The Kier molecular flexibility index (Phi) is 3.81. The minimum absolute atomic E-state index is 0.352.